The van der Waals surface area contributed by atoms with Crippen molar-refractivity contribution in [1.29, 1.82) is 0 Å². The number of methoxy groups -OCH3 is 1. The van der Waals surface area contributed by atoms with Crippen LogP contribution in [0.15, 0.2) is 24.3 Å². The van der Waals surface area contributed by atoms with Crippen LogP contribution < -0.4 is 10.5 Å². The van der Waals surface area contributed by atoms with Crippen molar-refractivity contribution in [3.8, 4) is 5.75 Å². The Kier molecular flexibility index (Phi) is 4.12. The quantitative estimate of drug-likeness (QED) is 0.817. The highest BCUT2D eigenvalue weighted by molar-refractivity contribution is 5.29. The van der Waals surface area contributed by atoms with Crippen LogP contribution in [0.4, 0.5) is 0 Å². The second-order valence-electron chi connectivity index (χ2n) is 4.04. The zero-order chi connectivity index (χ0) is 11.4. The lowest BCUT2D eigenvalue weighted by Gasteiger charge is -2.28. The first-order valence-electron chi connectivity index (χ1n) is 5.12. The number of likely N-dealkylation sites (N-methyl/N-ethyl adjacent to an activating group) is 1. The first-order chi connectivity index (χ1) is 7.06. The zero-order valence-electron chi connectivity index (χ0n) is 9.90. The zero-order valence-corrected chi connectivity index (χ0v) is 9.90. The van der Waals surface area contributed by atoms with E-state index in [1.54, 1.807) is 7.11 Å². The van der Waals surface area contributed by atoms with Gasteiger partial charge in [0.1, 0.15) is 5.75 Å². The van der Waals surface area contributed by atoms with E-state index >= 15 is 0 Å². The number of nitrogens with zero attached hydrogens (tertiary/aromatic N) is 1. The van der Waals surface area contributed by atoms with Crippen LogP contribution in [0.5, 0.6) is 5.75 Å². The molecular formula is C12H20N2O. The Morgan fingerprint density at radius 1 is 1.20 bits per heavy atom. The van der Waals surface area contributed by atoms with Gasteiger partial charge in [0.05, 0.1) is 7.11 Å². The molecule has 0 saturated heterocycles. The summed E-state index contributed by atoms with van der Waals surface area (Å²) in [5.74, 6) is 0.876. The third-order valence-electron chi connectivity index (χ3n) is 2.51. The molecule has 1 aromatic rings. The standard InChI is InChI=1S/C12H20N2O/c1-9(13)12(14(2)3)10-5-7-11(15-4)8-6-10/h5-9,12H,13H2,1-4H3. The van der Waals surface area contributed by atoms with Gasteiger partial charge in [-0.15, -0.1) is 0 Å². The maximum atomic E-state index is 5.97. The van der Waals surface area contributed by atoms with Gasteiger partial charge in [0, 0.05) is 12.1 Å². The molecule has 2 N–H and O–H groups in total. The summed E-state index contributed by atoms with van der Waals surface area (Å²) >= 11 is 0. The van der Waals surface area contributed by atoms with Crippen molar-refractivity contribution in [1.82, 2.24) is 4.90 Å². The summed E-state index contributed by atoms with van der Waals surface area (Å²) in [4.78, 5) is 2.13. The molecule has 0 aromatic heterocycles. The van der Waals surface area contributed by atoms with Crippen molar-refractivity contribution >= 4 is 0 Å². The third-order valence-corrected chi connectivity index (χ3v) is 2.51. The van der Waals surface area contributed by atoms with Crippen LogP contribution in [0, 0.1) is 0 Å². The third kappa shape index (κ3) is 2.94. The molecule has 84 valence electrons. The van der Waals surface area contributed by atoms with Crippen LogP contribution in [0.25, 0.3) is 0 Å². The second-order valence-corrected chi connectivity index (χ2v) is 4.04. The molecule has 0 saturated carbocycles. The van der Waals surface area contributed by atoms with E-state index in [-0.39, 0.29) is 12.1 Å². The highest BCUT2D eigenvalue weighted by Gasteiger charge is 2.17. The van der Waals surface area contributed by atoms with Crippen molar-refractivity contribution in [3.05, 3.63) is 29.8 Å². The highest BCUT2D eigenvalue weighted by Crippen LogP contribution is 2.23. The fourth-order valence-corrected chi connectivity index (χ4v) is 1.87. The molecule has 0 amide bonds. The maximum absolute atomic E-state index is 5.97. The first kappa shape index (κ1) is 12.0. The lowest BCUT2D eigenvalue weighted by atomic mass is 10.00. The summed E-state index contributed by atoms with van der Waals surface area (Å²) in [6, 6.07) is 8.41. The van der Waals surface area contributed by atoms with E-state index in [1.165, 1.54) is 5.56 Å². The topological polar surface area (TPSA) is 38.5 Å². The lowest BCUT2D eigenvalue weighted by molar-refractivity contribution is 0.266. The summed E-state index contributed by atoms with van der Waals surface area (Å²) in [7, 11) is 5.75. The molecule has 1 aromatic carbocycles. The smallest absolute Gasteiger partial charge is 0.118 e. The molecule has 0 aliphatic heterocycles. The van der Waals surface area contributed by atoms with E-state index in [0.29, 0.717) is 0 Å². The summed E-state index contributed by atoms with van der Waals surface area (Å²) in [6.07, 6.45) is 0. The molecule has 3 heteroatoms. The molecule has 0 fully saturated rings. The Morgan fingerprint density at radius 2 is 1.73 bits per heavy atom. The average molecular weight is 208 g/mol. The monoisotopic (exact) mass is 208 g/mol. The molecule has 0 heterocycles. The number of benzene rings is 1. The van der Waals surface area contributed by atoms with Crippen LogP contribution in [0.1, 0.15) is 18.5 Å². The molecule has 2 atom stereocenters. The van der Waals surface area contributed by atoms with Gasteiger partial charge in [-0.25, -0.2) is 0 Å². The van der Waals surface area contributed by atoms with Gasteiger partial charge < -0.3 is 15.4 Å². The van der Waals surface area contributed by atoms with Crippen molar-refractivity contribution in [2.45, 2.75) is 19.0 Å². The van der Waals surface area contributed by atoms with Crippen LogP contribution >= 0.6 is 0 Å². The fraction of sp³-hybridized carbons (Fsp3) is 0.500. The van der Waals surface area contributed by atoms with Crippen molar-refractivity contribution in [2.75, 3.05) is 21.2 Å². The minimum Gasteiger partial charge on any atom is -0.497 e. The Morgan fingerprint density at radius 3 is 2.07 bits per heavy atom. The number of hydrogen-bond acceptors (Lipinski definition) is 3. The predicted molar refractivity (Wildman–Crippen MR) is 63.1 cm³/mol. The van der Waals surface area contributed by atoms with Gasteiger partial charge in [-0.05, 0) is 38.7 Å². The van der Waals surface area contributed by atoms with Gasteiger partial charge in [0.2, 0.25) is 0 Å². The summed E-state index contributed by atoms with van der Waals surface area (Å²) < 4.78 is 5.13. The average Bonchev–Trinajstić information content (AvgIpc) is 2.18. The van der Waals surface area contributed by atoms with E-state index in [0.717, 1.165) is 5.75 Å². The Balaban J connectivity index is 2.92. The van der Waals surface area contributed by atoms with E-state index in [4.69, 9.17) is 10.5 Å². The Hall–Kier alpha value is -1.06. The molecular weight excluding hydrogens is 188 g/mol. The second kappa shape index (κ2) is 5.14. The minimum atomic E-state index is 0.105. The van der Waals surface area contributed by atoms with Crippen LogP contribution in [-0.2, 0) is 0 Å². The molecule has 1 rings (SSSR count). The number of ether oxygens (including phenoxy) is 1. The number of nitrogens with two attached hydrogens (primary N) is 1. The summed E-state index contributed by atoms with van der Waals surface area (Å²) in [5, 5.41) is 0. The van der Waals surface area contributed by atoms with Crippen molar-refractivity contribution in [3.63, 3.8) is 0 Å². The molecule has 0 radical (unpaired) electrons. The highest BCUT2D eigenvalue weighted by atomic mass is 16.5. The first-order valence-corrected chi connectivity index (χ1v) is 5.12. The molecule has 15 heavy (non-hydrogen) atoms. The van der Waals surface area contributed by atoms with Crippen molar-refractivity contribution < 1.29 is 4.74 Å². The summed E-state index contributed by atoms with van der Waals surface area (Å²) in [5.41, 5.74) is 7.19. The van der Waals surface area contributed by atoms with E-state index in [9.17, 15) is 0 Å². The lowest BCUT2D eigenvalue weighted by Crippen LogP contribution is -2.34. The van der Waals surface area contributed by atoms with Gasteiger partial charge in [-0.1, -0.05) is 12.1 Å². The Bertz CT molecular complexity index is 285. The van der Waals surface area contributed by atoms with E-state index in [1.807, 2.05) is 33.2 Å². The molecule has 2 unspecified atom stereocenters. The molecule has 0 aliphatic carbocycles. The van der Waals surface area contributed by atoms with Gasteiger partial charge in [-0.3, -0.25) is 0 Å². The van der Waals surface area contributed by atoms with Gasteiger partial charge >= 0.3 is 0 Å². The van der Waals surface area contributed by atoms with E-state index < -0.39 is 0 Å². The van der Waals surface area contributed by atoms with Gasteiger partial charge in [0.15, 0.2) is 0 Å². The Labute approximate surface area is 91.8 Å². The van der Waals surface area contributed by atoms with E-state index in [2.05, 4.69) is 17.0 Å². The fourth-order valence-electron chi connectivity index (χ4n) is 1.87. The molecule has 0 spiro atoms. The van der Waals surface area contributed by atoms with Crippen LogP contribution in [-0.4, -0.2) is 32.1 Å². The summed E-state index contributed by atoms with van der Waals surface area (Å²) in [6.45, 7) is 2.02. The number of rotatable bonds is 4. The van der Waals surface area contributed by atoms with Crippen LogP contribution in [0.3, 0.4) is 0 Å². The number of hydrogen-bond donors (Lipinski definition) is 1. The molecule has 0 bridgehead atoms. The van der Waals surface area contributed by atoms with Gasteiger partial charge in [0.25, 0.3) is 0 Å². The minimum absolute atomic E-state index is 0.105. The van der Waals surface area contributed by atoms with Gasteiger partial charge in [-0.2, -0.15) is 0 Å². The van der Waals surface area contributed by atoms with Crippen LogP contribution in [0.2, 0.25) is 0 Å². The SMILES string of the molecule is COc1ccc(C(C(C)N)N(C)C)cc1. The van der Waals surface area contributed by atoms with Crippen molar-refractivity contribution in [2.24, 2.45) is 5.73 Å². The maximum Gasteiger partial charge on any atom is 0.118 e. The molecule has 0 aliphatic rings. The molecule has 3 nitrogen and oxygen atoms in total. The largest absolute Gasteiger partial charge is 0.497 e. The normalized spacial score (nSPS) is 15.1. The predicted octanol–water partition coefficient (Wildman–Crippen LogP) is 1.65.